The molecule has 0 unspecified atom stereocenters. The van der Waals surface area contributed by atoms with E-state index in [-0.39, 0.29) is 5.75 Å². The standard InChI is InChI=1S/C18H22N4O3/c1-13-9-10-18(23)17(20-13)12-19-25-11-5-7-15-6-4-8-16(21-15)14(2)22-24-3/h4,6,8-10,12,23H,5,7,11H2,1-3H3. The molecule has 2 heterocycles. The summed E-state index contributed by atoms with van der Waals surface area (Å²) >= 11 is 0. The van der Waals surface area contributed by atoms with E-state index in [1.807, 2.05) is 32.0 Å². The molecule has 1 N–H and O–H groups in total. The summed E-state index contributed by atoms with van der Waals surface area (Å²) in [5.74, 6) is 0.0760. The molecule has 0 atom stereocenters. The average Bonchev–Trinajstić information content (AvgIpc) is 2.61. The normalized spacial score (nSPS) is 11.7. The Labute approximate surface area is 147 Å². The molecule has 132 valence electrons. The molecule has 25 heavy (non-hydrogen) atoms. The van der Waals surface area contributed by atoms with Crippen LogP contribution in [0.5, 0.6) is 5.75 Å². The molecule has 0 aromatic carbocycles. The highest BCUT2D eigenvalue weighted by Crippen LogP contribution is 2.12. The van der Waals surface area contributed by atoms with Crippen LogP contribution in [0.4, 0.5) is 0 Å². The first-order valence-corrected chi connectivity index (χ1v) is 7.96. The number of rotatable bonds is 8. The molecule has 0 fully saturated rings. The molecule has 0 radical (unpaired) electrons. The zero-order valence-electron chi connectivity index (χ0n) is 14.6. The fourth-order valence-corrected chi connectivity index (χ4v) is 2.13. The Hall–Kier alpha value is -2.96. The SMILES string of the molecule is CON=C(C)c1cccc(CCCON=Cc2nc(C)ccc2O)n1. The number of nitrogens with zero attached hydrogens (tertiary/aromatic N) is 4. The number of aromatic hydroxyl groups is 1. The summed E-state index contributed by atoms with van der Waals surface area (Å²) in [6.45, 7) is 4.14. The van der Waals surface area contributed by atoms with Gasteiger partial charge in [0.1, 0.15) is 30.9 Å². The quantitative estimate of drug-likeness (QED) is 0.453. The third-order valence-electron chi connectivity index (χ3n) is 3.37. The van der Waals surface area contributed by atoms with Crippen molar-refractivity contribution in [2.24, 2.45) is 10.3 Å². The molecular weight excluding hydrogens is 320 g/mol. The Balaban J connectivity index is 1.80. The molecule has 2 aromatic heterocycles. The predicted molar refractivity (Wildman–Crippen MR) is 96.0 cm³/mol. The van der Waals surface area contributed by atoms with Gasteiger partial charge in [-0.05, 0) is 51.0 Å². The van der Waals surface area contributed by atoms with Crippen LogP contribution in [-0.2, 0) is 16.1 Å². The van der Waals surface area contributed by atoms with Gasteiger partial charge in [-0.1, -0.05) is 16.4 Å². The van der Waals surface area contributed by atoms with Gasteiger partial charge in [-0.15, -0.1) is 0 Å². The van der Waals surface area contributed by atoms with Gasteiger partial charge in [0.25, 0.3) is 0 Å². The summed E-state index contributed by atoms with van der Waals surface area (Å²) in [5, 5.41) is 17.4. The van der Waals surface area contributed by atoms with Crippen LogP contribution in [0, 0.1) is 6.92 Å². The largest absolute Gasteiger partial charge is 0.506 e. The third kappa shape index (κ3) is 5.87. The second-order valence-electron chi connectivity index (χ2n) is 5.40. The van der Waals surface area contributed by atoms with E-state index in [1.165, 1.54) is 13.3 Å². The van der Waals surface area contributed by atoms with Crippen LogP contribution in [0.25, 0.3) is 0 Å². The molecule has 0 saturated carbocycles. The molecule has 0 saturated heterocycles. The Bertz CT molecular complexity index is 760. The van der Waals surface area contributed by atoms with Gasteiger partial charge in [0.2, 0.25) is 0 Å². The maximum atomic E-state index is 9.66. The van der Waals surface area contributed by atoms with Crippen molar-refractivity contribution in [2.75, 3.05) is 13.7 Å². The Morgan fingerprint density at radius 1 is 1.24 bits per heavy atom. The number of pyridine rings is 2. The highest BCUT2D eigenvalue weighted by Gasteiger charge is 2.03. The summed E-state index contributed by atoms with van der Waals surface area (Å²) in [7, 11) is 1.51. The topological polar surface area (TPSA) is 89.2 Å². The number of oxime groups is 2. The first-order chi connectivity index (χ1) is 12.1. The van der Waals surface area contributed by atoms with Crippen molar-refractivity contribution in [3.8, 4) is 5.75 Å². The molecule has 2 rings (SSSR count). The van der Waals surface area contributed by atoms with E-state index in [0.717, 1.165) is 35.6 Å². The molecule has 0 aliphatic carbocycles. The molecule has 0 aliphatic heterocycles. The first-order valence-electron chi connectivity index (χ1n) is 7.96. The van der Waals surface area contributed by atoms with Gasteiger partial charge in [-0.3, -0.25) is 4.98 Å². The van der Waals surface area contributed by atoms with Crippen LogP contribution in [-0.4, -0.2) is 40.7 Å². The second kappa shape index (κ2) is 9.36. The summed E-state index contributed by atoms with van der Waals surface area (Å²) in [5.41, 5.74) is 3.67. The lowest BCUT2D eigenvalue weighted by Crippen LogP contribution is -2.03. The molecule has 0 bridgehead atoms. The highest BCUT2D eigenvalue weighted by atomic mass is 16.6. The van der Waals surface area contributed by atoms with Gasteiger partial charge >= 0.3 is 0 Å². The minimum absolute atomic E-state index is 0.0760. The number of aromatic nitrogens is 2. The van der Waals surface area contributed by atoms with Crippen molar-refractivity contribution in [1.82, 2.24) is 9.97 Å². The van der Waals surface area contributed by atoms with Gasteiger partial charge in [0.05, 0.1) is 11.9 Å². The van der Waals surface area contributed by atoms with Gasteiger partial charge in [-0.2, -0.15) is 0 Å². The Morgan fingerprint density at radius 2 is 2.08 bits per heavy atom. The average molecular weight is 342 g/mol. The maximum absolute atomic E-state index is 9.66. The lowest BCUT2D eigenvalue weighted by Gasteiger charge is -2.04. The van der Waals surface area contributed by atoms with Crippen molar-refractivity contribution in [3.63, 3.8) is 0 Å². The van der Waals surface area contributed by atoms with Crippen LogP contribution in [0.15, 0.2) is 40.6 Å². The van der Waals surface area contributed by atoms with Crippen LogP contribution in [0.1, 0.15) is 36.1 Å². The van der Waals surface area contributed by atoms with E-state index < -0.39 is 0 Å². The Morgan fingerprint density at radius 3 is 2.88 bits per heavy atom. The monoisotopic (exact) mass is 342 g/mol. The zero-order chi connectivity index (χ0) is 18.1. The van der Waals surface area contributed by atoms with E-state index >= 15 is 0 Å². The number of hydrogen-bond acceptors (Lipinski definition) is 7. The predicted octanol–water partition coefficient (Wildman–Crippen LogP) is 2.84. The van der Waals surface area contributed by atoms with E-state index in [0.29, 0.717) is 12.3 Å². The van der Waals surface area contributed by atoms with Crippen LogP contribution < -0.4 is 0 Å². The fraction of sp³-hybridized carbons (Fsp3) is 0.333. The molecule has 0 spiro atoms. The molecular formula is C18H22N4O3. The zero-order valence-corrected chi connectivity index (χ0v) is 14.6. The summed E-state index contributed by atoms with van der Waals surface area (Å²) in [4.78, 5) is 18.7. The highest BCUT2D eigenvalue weighted by molar-refractivity contribution is 5.96. The van der Waals surface area contributed by atoms with Crippen molar-refractivity contribution < 1.29 is 14.8 Å². The lowest BCUT2D eigenvalue weighted by atomic mass is 10.2. The minimum Gasteiger partial charge on any atom is -0.506 e. The van der Waals surface area contributed by atoms with Crippen LogP contribution in [0.3, 0.4) is 0 Å². The summed E-state index contributed by atoms with van der Waals surface area (Å²) in [6, 6.07) is 9.10. The maximum Gasteiger partial charge on any atom is 0.142 e. The minimum atomic E-state index is 0.0760. The summed E-state index contributed by atoms with van der Waals surface area (Å²) < 4.78 is 0. The summed E-state index contributed by atoms with van der Waals surface area (Å²) in [6.07, 6.45) is 2.94. The molecule has 0 amide bonds. The second-order valence-corrected chi connectivity index (χ2v) is 5.40. The van der Waals surface area contributed by atoms with E-state index in [2.05, 4.69) is 20.3 Å². The van der Waals surface area contributed by atoms with Crippen LogP contribution >= 0.6 is 0 Å². The first kappa shape index (κ1) is 18.4. The van der Waals surface area contributed by atoms with E-state index in [4.69, 9.17) is 9.68 Å². The van der Waals surface area contributed by atoms with Crippen LogP contribution in [0.2, 0.25) is 0 Å². The van der Waals surface area contributed by atoms with E-state index in [9.17, 15) is 5.11 Å². The van der Waals surface area contributed by atoms with Crippen molar-refractivity contribution in [2.45, 2.75) is 26.7 Å². The van der Waals surface area contributed by atoms with Crippen molar-refractivity contribution in [3.05, 3.63) is 53.1 Å². The van der Waals surface area contributed by atoms with Gasteiger partial charge < -0.3 is 14.8 Å². The third-order valence-corrected chi connectivity index (χ3v) is 3.37. The molecule has 7 nitrogen and oxygen atoms in total. The van der Waals surface area contributed by atoms with E-state index in [1.54, 1.807) is 12.1 Å². The molecule has 0 aliphatic rings. The van der Waals surface area contributed by atoms with Crippen molar-refractivity contribution in [1.29, 1.82) is 0 Å². The fourth-order valence-electron chi connectivity index (χ4n) is 2.13. The smallest absolute Gasteiger partial charge is 0.142 e. The molecule has 2 aromatic rings. The lowest BCUT2D eigenvalue weighted by molar-refractivity contribution is 0.143. The van der Waals surface area contributed by atoms with Crippen molar-refractivity contribution >= 4 is 11.9 Å². The number of aryl methyl sites for hydroxylation is 2. The van der Waals surface area contributed by atoms with Gasteiger partial charge in [0.15, 0.2) is 0 Å². The van der Waals surface area contributed by atoms with Gasteiger partial charge in [-0.25, -0.2) is 4.98 Å². The van der Waals surface area contributed by atoms with Gasteiger partial charge in [0, 0.05) is 11.4 Å². The Kier molecular flexibility index (Phi) is 6.88. The number of hydrogen-bond donors (Lipinski definition) is 1. The molecule has 7 heteroatoms.